The van der Waals surface area contributed by atoms with Crippen LogP contribution in [0, 0.1) is 5.92 Å². The van der Waals surface area contributed by atoms with Crippen LogP contribution in [0.3, 0.4) is 0 Å². The van der Waals surface area contributed by atoms with Crippen molar-refractivity contribution in [3.8, 4) is 0 Å². The standard InChI is InChI=1S/C12H25NO3/c1-3-4-11(7-8-14)9-13-10(2)5-6-12(15)16/h10-11,13-14H,3-9H2,1-2H3,(H,15,16). The second-order valence-electron chi connectivity index (χ2n) is 4.41. The fraction of sp³-hybridized carbons (Fsp3) is 0.917. The second-order valence-corrected chi connectivity index (χ2v) is 4.41. The zero-order valence-corrected chi connectivity index (χ0v) is 10.4. The molecule has 96 valence electrons. The molecule has 0 spiro atoms. The molecule has 0 aliphatic rings. The Hall–Kier alpha value is -0.610. The van der Waals surface area contributed by atoms with Crippen molar-refractivity contribution in [2.24, 2.45) is 5.92 Å². The lowest BCUT2D eigenvalue weighted by atomic mass is 9.99. The van der Waals surface area contributed by atoms with Crippen LogP contribution >= 0.6 is 0 Å². The van der Waals surface area contributed by atoms with Gasteiger partial charge in [-0.3, -0.25) is 4.79 Å². The molecule has 0 rings (SSSR count). The lowest BCUT2D eigenvalue weighted by Gasteiger charge is -2.19. The van der Waals surface area contributed by atoms with E-state index < -0.39 is 5.97 Å². The summed E-state index contributed by atoms with van der Waals surface area (Å²) >= 11 is 0. The molecule has 0 aliphatic heterocycles. The predicted octanol–water partition coefficient (Wildman–Crippen LogP) is 1.63. The van der Waals surface area contributed by atoms with Gasteiger partial charge in [0.25, 0.3) is 0 Å². The summed E-state index contributed by atoms with van der Waals surface area (Å²) in [6.45, 7) is 5.24. The van der Waals surface area contributed by atoms with E-state index in [0.717, 1.165) is 25.8 Å². The minimum Gasteiger partial charge on any atom is -0.481 e. The molecule has 0 saturated heterocycles. The van der Waals surface area contributed by atoms with Crippen LogP contribution in [0.2, 0.25) is 0 Å². The van der Waals surface area contributed by atoms with Gasteiger partial charge >= 0.3 is 5.97 Å². The molecule has 4 nitrogen and oxygen atoms in total. The normalized spacial score (nSPS) is 14.7. The van der Waals surface area contributed by atoms with Gasteiger partial charge in [-0.1, -0.05) is 13.3 Å². The van der Waals surface area contributed by atoms with Gasteiger partial charge in [-0.05, 0) is 38.6 Å². The van der Waals surface area contributed by atoms with Crippen LogP contribution in [-0.2, 0) is 4.79 Å². The predicted molar refractivity (Wildman–Crippen MR) is 64.4 cm³/mol. The number of carboxylic acid groups (broad SMARTS) is 1. The number of rotatable bonds is 10. The molecular formula is C12H25NO3. The van der Waals surface area contributed by atoms with Gasteiger partial charge in [-0.25, -0.2) is 0 Å². The van der Waals surface area contributed by atoms with E-state index in [9.17, 15) is 4.79 Å². The van der Waals surface area contributed by atoms with E-state index in [1.165, 1.54) is 0 Å². The maximum atomic E-state index is 10.4. The first-order valence-corrected chi connectivity index (χ1v) is 6.16. The summed E-state index contributed by atoms with van der Waals surface area (Å²) in [6.07, 6.45) is 3.93. The Balaban J connectivity index is 3.68. The van der Waals surface area contributed by atoms with Crippen molar-refractivity contribution in [2.75, 3.05) is 13.2 Å². The van der Waals surface area contributed by atoms with Crippen molar-refractivity contribution in [3.05, 3.63) is 0 Å². The van der Waals surface area contributed by atoms with E-state index in [0.29, 0.717) is 12.3 Å². The van der Waals surface area contributed by atoms with Gasteiger partial charge < -0.3 is 15.5 Å². The van der Waals surface area contributed by atoms with E-state index in [1.54, 1.807) is 0 Å². The number of hydrogen-bond donors (Lipinski definition) is 3. The molecule has 0 saturated carbocycles. The third-order valence-corrected chi connectivity index (χ3v) is 2.78. The highest BCUT2D eigenvalue weighted by Crippen LogP contribution is 2.10. The van der Waals surface area contributed by atoms with Crippen molar-refractivity contribution < 1.29 is 15.0 Å². The molecule has 16 heavy (non-hydrogen) atoms. The molecule has 0 fully saturated rings. The quantitative estimate of drug-likeness (QED) is 0.534. The Bertz CT molecular complexity index is 179. The van der Waals surface area contributed by atoms with Gasteiger partial charge in [0.2, 0.25) is 0 Å². The van der Waals surface area contributed by atoms with Crippen LogP contribution in [0.4, 0.5) is 0 Å². The van der Waals surface area contributed by atoms with Crippen LogP contribution in [0.5, 0.6) is 0 Å². The highest BCUT2D eigenvalue weighted by atomic mass is 16.4. The Morgan fingerprint density at radius 1 is 1.31 bits per heavy atom. The Labute approximate surface area is 98.1 Å². The summed E-state index contributed by atoms with van der Waals surface area (Å²) in [6, 6.07) is 0.231. The largest absolute Gasteiger partial charge is 0.481 e. The Morgan fingerprint density at radius 3 is 2.50 bits per heavy atom. The summed E-state index contributed by atoms with van der Waals surface area (Å²) in [5, 5.41) is 20.8. The van der Waals surface area contributed by atoms with Crippen LogP contribution in [0.25, 0.3) is 0 Å². The van der Waals surface area contributed by atoms with Crippen molar-refractivity contribution in [2.45, 2.75) is 52.0 Å². The van der Waals surface area contributed by atoms with Gasteiger partial charge in [0.15, 0.2) is 0 Å². The molecule has 2 unspecified atom stereocenters. The van der Waals surface area contributed by atoms with E-state index in [4.69, 9.17) is 10.2 Å². The molecule has 3 N–H and O–H groups in total. The minimum absolute atomic E-state index is 0.215. The Kier molecular flexibility index (Phi) is 9.24. The number of carbonyl (C=O) groups is 1. The molecule has 0 aliphatic carbocycles. The fourth-order valence-corrected chi connectivity index (χ4v) is 1.75. The molecule has 0 aromatic rings. The maximum absolute atomic E-state index is 10.4. The topological polar surface area (TPSA) is 69.6 Å². The molecule has 0 radical (unpaired) electrons. The minimum atomic E-state index is -0.742. The van der Waals surface area contributed by atoms with Gasteiger partial charge in [0, 0.05) is 19.1 Å². The number of hydrogen-bond acceptors (Lipinski definition) is 3. The maximum Gasteiger partial charge on any atom is 0.303 e. The molecule has 0 bridgehead atoms. The molecule has 0 amide bonds. The first-order chi connectivity index (χ1) is 7.60. The summed E-state index contributed by atoms with van der Waals surface area (Å²) in [5.41, 5.74) is 0. The SMILES string of the molecule is CCCC(CCO)CNC(C)CCC(=O)O. The lowest BCUT2D eigenvalue weighted by Crippen LogP contribution is -2.32. The molecule has 0 aromatic heterocycles. The van der Waals surface area contributed by atoms with E-state index >= 15 is 0 Å². The average Bonchev–Trinajstić information content (AvgIpc) is 2.23. The average molecular weight is 231 g/mol. The first-order valence-electron chi connectivity index (χ1n) is 6.16. The van der Waals surface area contributed by atoms with Crippen molar-refractivity contribution >= 4 is 5.97 Å². The number of aliphatic hydroxyl groups is 1. The molecule has 2 atom stereocenters. The van der Waals surface area contributed by atoms with Crippen LogP contribution < -0.4 is 5.32 Å². The molecular weight excluding hydrogens is 206 g/mol. The van der Waals surface area contributed by atoms with Gasteiger partial charge in [-0.2, -0.15) is 0 Å². The number of carboxylic acids is 1. The van der Waals surface area contributed by atoms with Crippen molar-refractivity contribution in [1.29, 1.82) is 0 Å². The van der Waals surface area contributed by atoms with Crippen LogP contribution in [-0.4, -0.2) is 35.4 Å². The smallest absolute Gasteiger partial charge is 0.303 e. The number of aliphatic hydroxyl groups excluding tert-OH is 1. The monoisotopic (exact) mass is 231 g/mol. The third-order valence-electron chi connectivity index (χ3n) is 2.78. The summed E-state index contributed by atoms with van der Waals surface area (Å²) in [7, 11) is 0. The highest BCUT2D eigenvalue weighted by molar-refractivity contribution is 5.66. The van der Waals surface area contributed by atoms with Gasteiger partial charge in [-0.15, -0.1) is 0 Å². The van der Waals surface area contributed by atoms with Crippen molar-refractivity contribution in [3.63, 3.8) is 0 Å². The third kappa shape index (κ3) is 8.68. The second kappa shape index (κ2) is 9.60. The fourth-order valence-electron chi connectivity index (χ4n) is 1.75. The van der Waals surface area contributed by atoms with E-state index in [-0.39, 0.29) is 19.1 Å². The molecule has 0 aromatic carbocycles. The summed E-state index contributed by atoms with van der Waals surface area (Å²) in [4.78, 5) is 10.4. The van der Waals surface area contributed by atoms with E-state index in [1.807, 2.05) is 6.92 Å². The van der Waals surface area contributed by atoms with Gasteiger partial charge in [0.05, 0.1) is 0 Å². The van der Waals surface area contributed by atoms with Gasteiger partial charge in [0.1, 0.15) is 0 Å². The van der Waals surface area contributed by atoms with Crippen molar-refractivity contribution in [1.82, 2.24) is 5.32 Å². The zero-order valence-electron chi connectivity index (χ0n) is 10.4. The number of nitrogens with one attached hydrogen (secondary N) is 1. The summed E-state index contributed by atoms with van der Waals surface area (Å²) in [5.74, 6) is -0.239. The highest BCUT2D eigenvalue weighted by Gasteiger charge is 2.10. The number of aliphatic carboxylic acids is 1. The Morgan fingerprint density at radius 2 is 2.00 bits per heavy atom. The molecule has 0 heterocycles. The first kappa shape index (κ1) is 15.4. The van der Waals surface area contributed by atoms with Crippen LogP contribution in [0.1, 0.15) is 46.0 Å². The zero-order chi connectivity index (χ0) is 12.4. The molecule has 4 heteroatoms. The summed E-state index contributed by atoms with van der Waals surface area (Å²) < 4.78 is 0. The van der Waals surface area contributed by atoms with Crippen LogP contribution in [0.15, 0.2) is 0 Å². The van der Waals surface area contributed by atoms with E-state index in [2.05, 4.69) is 12.2 Å². The lowest BCUT2D eigenvalue weighted by molar-refractivity contribution is -0.137.